The number of aromatic hydroxyl groups is 1. The molecule has 5 nitrogen and oxygen atoms in total. The number of carbonyl (C=O) groups excluding carboxylic acids is 1. The Morgan fingerprint density at radius 1 is 1.50 bits per heavy atom. The van der Waals surface area contributed by atoms with Crippen LogP contribution < -0.4 is 0 Å². The first kappa shape index (κ1) is 13.0. The lowest BCUT2D eigenvalue weighted by molar-refractivity contribution is 0.0499. The monoisotopic (exact) mass is 275 g/mol. The number of carbonyl (C=O) groups is 1. The van der Waals surface area contributed by atoms with Crippen LogP contribution in [-0.2, 0) is 22.4 Å². The largest absolute Gasteiger partial charge is 0.507 e. The van der Waals surface area contributed by atoms with Gasteiger partial charge in [0.2, 0.25) is 0 Å². The summed E-state index contributed by atoms with van der Waals surface area (Å²) in [6.45, 7) is 2.69. The first-order valence-corrected chi connectivity index (χ1v) is 6.69. The summed E-state index contributed by atoms with van der Waals surface area (Å²) in [7, 11) is 1.67. The maximum Gasteiger partial charge on any atom is 0.354 e. The number of esters is 1. The van der Waals surface area contributed by atoms with Crippen LogP contribution >= 0.6 is 0 Å². The molecule has 2 heterocycles. The Balaban J connectivity index is 2.21. The van der Waals surface area contributed by atoms with Gasteiger partial charge in [0.15, 0.2) is 0 Å². The van der Waals surface area contributed by atoms with E-state index >= 15 is 0 Å². The molecule has 1 aromatic heterocycles. The third-order valence-corrected chi connectivity index (χ3v) is 3.77. The molecular formula is C15H17NO4. The molecule has 0 radical (unpaired) electrons. The van der Waals surface area contributed by atoms with E-state index in [0.717, 1.165) is 17.5 Å². The number of hydrogen-bond acceptors (Lipinski definition) is 4. The van der Waals surface area contributed by atoms with Crippen LogP contribution in [0.25, 0.3) is 10.9 Å². The smallest absolute Gasteiger partial charge is 0.354 e. The van der Waals surface area contributed by atoms with E-state index in [9.17, 15) is 9.90 Å². The average Bonchev–Trinajstić information content (AvgIpc) is 2.84. The molecule has 0 saturated heterocycles. The number of aromatic nitrogens is 1. The predicted octanol–water partition coefficient (Wildman–Crippen LogP) is 2.09. The van der Waals surface area contributed by atoms with Gasteiger partial charge in [-0.2, -0.15) is 0 Å². The van der Waals surface area contributed by atoms with Crippen molar-refractivity contribution < 1.29 is 19.4 Å². The molecule has 106 valence electrons. The van der Waals surface area contributed by atoms with Crippen LogP contribution in [-0.4, -0.2) is 35.5 Å². The highest BCUT2D eigenvalue weighted by molar-refractivity contribution is 5.99. The van der Waals surface area contributed by atoms with E-state index in [2.05, 4.69) is 0 Å². The van der Waals surface area contributed by atoms with Gasteiger partial charge < -0.3 is 19.1 Å². The lowest BCUT2D eigenvalue weighted by atomic mass is 10.0. The van der Waals surface area contributed by atoms with Crippen LogP contribution in [0.15, 0.2) is 18.2 Å². The number of ether oxygens (including phenoxy) is 2. The van der Waals surface area contributed by atoms with Gasteiger partial charge in [-0.15, -0.1) is 0 Å². The van der Waals surface area contributed by atoms with E-state index in [1.807, 2.05) is 10.6 Å². The van der Waals surface area contributed by atoms with E-state index in [0.29, 0.717) is 24.2 Å². The van der Waals surface area contributed by atoms with Crippen LogP contribution in [0.2, 0.25) is 0 Å². The summed E-state index contributed by atoms with van der Waals surface area (Å²) in [5, 5.41) is 10.7. The average molecular weight is 275 g/mol. The summed E-state index contributed by atoms with van der Waals surface area (Å²) in [5.41, 5.74) is 2.44. The quantitative estimate of drug-likeness (QED) is 0.871. The molecule has 1 unspecified atom stereocenters. The molecule has 0 amide bonds. The molecule has 0 fully saturated rings. The summed E-state index contributed by atoms with van der Waals surface area (Å²) >= 11 is 0. The minimum absolute atomic E-state index is 0.0239. The highest BCUT2D eigenvalue weighted by Gasteiger charge is 2.27. The van der Waals surface area contributed by atoms with Crippen LogP contribution in [0.5, 0.6) is 5.75 Å². The number of phenolic OH excluding ortho intramolecular Hbond substituents is 1. The number of benzene rings is 1. The second-order valence-electron chi connectivity index (χ2n) is 4.93. The SMILES string of the molecule is CCOC(=O)c1cc2c(O)ccc3c2n1CC(OC)C3. The lowest BCUT2D eigenvalue weighted by Crippen LogP contribution is -2.28. The Hall–Kier alpha value is -2.01. The fraction of sp³-hybridized carbons (Fsp3) is 0.400. The Kier molecular flexibility index (Phi) is 3.14. The summed E-state index contributed by atoms with van der Waals surface area (Å²) < 4.78 is 12.4. The van der Waals surface area contributed by atoms with Gasteiger partial charge in [-0.05, 0) is 24.6 Å². The summed E-state index contributed by atoms with van der Waals surface area (Å²) in [6, 6.07) is 5.24. The van der Waals surface area contributed by atoms with Crippen molar-refractivity contribution in [1.29, 1.82) is 0 Å². The van der Waals surface area contributed by atoms with Crippen molar-refractivity contribution in [2.75, 3.05) is 13.7 Å². The zero-order valence-corrected chi connectivity index (χ0v) is 11.5. The van der Waals surface area contributed by atoms with Crippen molar-refractivity contribution in [3.8, 4) is 5.75 Å². The normalized spacial score (nSPS) is 17.4. The standard InChI is InChI=1S/C15H17NO4/c1-3-20-15(18)12-7-11-13(17)5-4-9-6-10(19-2)8-16(12)14(9)11/h4-5,7,10,17H,3,6,8H2,1-2H3. The summed E-state index contributed by atoms with van der Waals surface area (Å²) in [6.07, 6.45) is 0.801. The Bertz CT molecular complexity index is 674. The fourth-order valence-electron chi connectivity index (χ4n) is 2.84. The van der Waals surface area contributed by atoms with Gasteiger partial charge in [0.1, 0.15) is 11.4 Å². The van der Waals surface area contributed by atoms with Crippen LogP contribution in [0, 0.1) is 0 Å². The molecule has 1 aromatic carbocycles. The van der Waals surface area contributed by atoms with Gasteiger partial charge in [-0.1, -0.05) is 6.07 Å². The molecule has 3 rings (SSSR count). The molecule has 5 heteroatoms. The Labute approximate surface area is 116 Å². The summed E-state index contributed by atoms with van der Waals surface area (Å²) in [5.74, 6) is -0.185. The second kappa shape index (κ2) is 4.83. The third-order valence-electron chi connectivity index (χ3n) is 3.77. The highest BCUT2D eigenvalue weighted by Crippen LogP contribution is 2.35. The zero-order valence-electron chi connectivity index (χ0n) is 11.5. The van der Waals surface area contributed by atoms with E-state index in [1.165, 1.54) is 0 Å². The Morgan fingerprint density at radius 2 is 2.30 bits per heavy atom. The number of phenols is 1. The van der Waals surface area contributed by atoms with Crippen LogP contribution in [0.3, 0.4) is 0 Å². The van der Waals surface area contributed by atoms with E-state index < -0.39 is 0 Å². The van der Waals surface area contributed by atoms with Crippen molar-refractivity contribution >= 4 is 16.9 Å². The molecule has 1 N–H and O–H groups in total. The lowest BCUT2D eigenvalue weighted by Gasteiger charge is -2.24. The van der Waals surface area contributed by atoms with Crippen LogP contribution in [0.1, 0.15) is 23.0 Å². The molecule has 1 aliphatic rings. The van der Waals surface area contributed by atoms with Gasteiger partial charge in [-0.3, -0.25) is 0 Å². The number of rotatable bonds is 3. The number of hydrogen-bond donors (Lipinski definition) is 1. The molecule has 1 atom stereocenters. The van der Waals surface area contributed by atoms with Crippen molar-refractivity contribution in [1.82, 2.24) is 4.57 Å². The first-order chi connectivity index (χ1) is 9.65. The maximum absolute atomic E-state index is 12.1. The first-order valence-electron chi connectivity index (χ1n) is 6.69. The number of nitrogens with zero attached hydrogens (tertiary/aromatic N) is 1. The molecule has 0 bridgehead atoms. The fourth-order valence-corrected chi connectivity index (χ4v) is 2.84. The van der Waals surface area contributed by atoms with Crippen molar-refractivity contribution in [2.45, 2.75) is 26.0 Å². The van der Waals surface area contributed by atoms with Gasteiger partial charge in [-0.25, -0.2) is 4.79 Å². The maximum atomic E-state index is 12.1. The van der Waals surface area contributed by atoms with E-state index in [-0.39, 0.29) is 17.8 Å². The molecule has 0 spiro atoms. The van der Waals surface area contributed by atoms with E-state index in [1.54, 1.807) is 26.2 Å². The molecule has 0 saturated carbocycles. The molecule has 20 heavy (non-hydrogen) atoms. The summed E-state index contributed by atoms with van der Waals surface area (Å²) in [4.78, 5) is 12.1. The van der Waals surface area contributed by atoms with Crippen molar-refractivity contribution in [2.24, 2.45) is 0 Å². The minimum Gasteiger partial charge on any atom is -0.507 e. The number of methoxy groups -OCH3 is 1. The van der Waals surface area contributed by atoms with Crippen LogP contribution in [0.4, 0.5) is 0 Å². The molecular weight excluding hydrogens is 258 g/mol. The van der Waals surface area contributed by atoms with Gasteiger partial charge >= 0.3 is 5.97 Å². The van der Waals surface area contributed by atoms with Gasteiger partial charge in [0, 0.05) is 25.5 Å². The third kappa shape index (κ3) is 1.86. The predicted molar refractivity (Wildman–Crippen MR) is 74.1 cm³/mol. The Morgan fingerprint density at radius 3 is 3.00 bits per heavy atom. The van der Waals surface area contributed by atoms with Gasteiger partial charge in [0.25, 0.3) is 0 Å². The van der Waals surface area contributed by atoms with Gasteiger partial charge in [0.05, 0.1) is 18.2 Å². The van der Waals surface area contributed by atoms with E-state index in [4.69, 9.17) is 9.47 Å². The van der Waals surface area contributed by atoms with Crippen molar-refractivity contribution in [3.05, 3.63) is 29.5 Å². The highest BCUT2D eigenvalue weighted by atomic mass is 16.5. The topological polar surface area (TPSA) is 60.7 Å². The zero-order chi connectivity index (χ0) is 14.3. The molecule has 2 aromatic rings. The molecule has 0 aliphatic carbocycles. The second-order valence-corrected chi connectivity index (χ2v) is 4.93. The minimum atomic E-state index is -0.370. The van der Waals surface area contributed by atoms with Crippen molar-refractivity contribution in [3.63, 3.8) is 0 Å². The molecule has 1 aliphatic heterocycles.